The van der Waals surface area contributed by atoms with Crippen molar-refractivity contribution in [1.82, 2.24) is 0 Å². The maximum absolute atomic E-state index is 11.7. The second-order valence-electron chi connectivity index (χ2n) is 11.9. The molecule has 0 amide bonds. The van der Waals surface area contributed by atoms with Gasteiger partial charge in [0.15, 0.2) is 22.9 Å². The lowest BCUT2D eigenvalue weighted by Crippen LogP contribution is -2.52. The summed E-state index contributed by atoms with van der Waals surface area (Å²) in [5.74, 6) is 0.749. The second-order valence-corrected chi connectivity index (χ2v) is 21.4. The van der Waals surface area contributed by atoms with Crippen LogP contribution in [-0.4, -0.2) is 55.5 Å². The molecule has 0 N–H and O–H groups in total. The number of rotatable bonds is 18. The van der Waals surface area contributed by atoms with E-state index in [1.807, 2.05) is 31.2 Å². The quantitative estimate of drug-likeness (QED) is 0.0948. The first-order valence-electron chi connectivity index (χ1n) is 16.0. The highest BCUT2D eigenvalue weighted by molar-refractivity contribution is 6.74. The standard InChI is InChI=1S/C33H58O6Si2/c1-11-40(12-2,13-3)37-24-30(32(26(8)21-25(7)22-34)39-41(14-4,15-5)16-6)31-27(9)23-36-33(38-31)28-17-19-29(35-10)20-18-28/h17-22,25,27,30-33H,11-16,23-24H2,1-10H3/b26-21+/t25-,27-,30+,31+,32-,33+/m1/s1. The van der Waals surface area contributed by atoms with E-state index >= 15 is 0 Å². The van der Waals surface area contributed by atoms with Gasteiger partial charge in [0.2, 0.25) is 0 Å². The van der Waals surface area contributed by atoms with Gasteiger partial charge in [-0.3, -0.25) is 0 Å². The van der Waals surface area contributed by atoms with E-state index in [9.17, 15) is 4.79 Å². The average molecular weight is 607 g/mol. The molecule has 1 aliphatic heterocycles. The maximum atomic E-state index is 11.7. The molecule has 1 saturated heterocycles. The number of methoxy groups -OCH3 is 1. The van der Waals surface area contributed by atoms with Gasteiger partial charge in [-0.05, 0) is 60.9 Å². The summed E-state index contributed by atoms with van der Waals surface area (Å²) >= 11 is 0. The Labute approximate surface area is 252 Å². The molecule has 1 aliphatic rings. The van der Waals surface area contributed by atoms with Crippen molar-refractivity contribution in [2.45, 2.75) is 117 Å². The summed E-state index contributed by atoms with van der Waals surface area (Å²) in [4.78, 5) is 11.7. The van der Waals surface area contributed by atoms with Gasteiger partial charge in [0.25, 0.3) is 0 Å². The van der Waals surface area contributed by atoms with Crippen molar-refractivity contribution in [2.75, 3.05) is 20.3 Å². The van der Waals surface area contributed by atoms with Crippen LogP contribution in [0.3, 0.4) is 0 Å². The zero-order valence-electron chi connectivity index (χ0n) is 27.5. The van der Waals surface area contributed by atoms with E-state index in [0.29, 0.717) is 13.2 Å². The van der Waals surface area contributed by atoms with Crippen LogP contribution in [0.15, 0.2) is 35.9 Å². The lowest BCUT2D eigenvalue weighted by molar-refractivity contribution is -0.257. The molecule has 0 aromatic heterocycles. The van der Waals surface area contributed by atoms with Crippen LogP contribution in [0.4, 0.5) is 0 Å². The van der Waals surface area contributed by atoms with Crippen LogP contribution in [-0.2, 0) is 23.1 Å². The van der Waals surface area contributed by atoms with E-state index in [0.717, 1.165) is 59.4 Å². The van der Waals surface area contributed by atoms with E-state index in [1.54, 1.807) is 7.11 Å². The van der Waals surface area contributed by atoms with Gasteiger partial charge in [0.1, 0.15) is 12.0 Å². The summed E-state index contributed by atoms with van der Waals surface area (Å²) < 4.78 is 32.9. The summed E-state index contributed by atoms with van der Waals surface area (Å²) in [6, 6.07) is 14.3. The Hall–Kier alpha value is -1.30. The highest BCUT2D eigenvalue weighted by atomic mass is 28.4. The predicted molar refractivity (Wildman–Crippen MR) is 173 cm³/mol. The predicted octanol–water partition coefficient (Wildman–Crippen LogP) is 8.56. The van der Waals surface area contributed by atoms with Crippen molar-refractivity contribution >= 4 is 22.9 Å². The number of benzene rings is 1. The summed E-state index contributed by atoms with van der Waals surface area (Å²) in [6.45, 7) is 21.1. The molecule has 6 nitrogen and oxygen atoms in total. The molecule has 8 heteroatoms. The Morgan fingerprint density at radius 1 is 0.976 bits per heavy atom. The fourth-order valence-electron chi connectivity index (χ4n) is 6.13. The highest BCUT2D eigenvalue weighted by Crippen LogP contribution is 2.39. The van der Waals surface area contributed by atoms with Gasteiger partial charge in [-0.15, -0.1) is 0 Å². The number of ether oxygens (including phenoxy) is 3. The molecule has 41 heavy (non-hydrogen) atoms. The first kappa shape index (κ1) is 35.9. The Kier molecular flexibility index (Phi) is 15.0. The molecule has 0 saturated carbocycles. The number of hydrogen-bond donors (Lipinski definition) is 0. The molecule has 1 aromatic carbocycles. The van der Waals surface area contributed by atoms with Crippen LogP contribution in [0.1, 0.15) is 74.2 Å². The molecule has 0 unspecified atom stereocenters. The maximum Gasteiger partial charge on any atom is 0.192 e. The zero-order valence-corrected chi connectivity index (χ0v) is 29.5. The molecule has 0 radical (unpaired) electrons. The van der Waals surface area contributed by atoms with E-state index in [-0.39, 0.29) is 30.0 Å². The van der Waals surface area contributed by atoms with Crippen LogP contribution in [0.25, 0.3) is 0 Å². The molecule has 0 spiro atoms. The molecule has 0 aliphatic carbocycles. The third kappa shape index (κ3) is 9.34. The fraction of sp³-hybridized carbons (Fsp3) is 0.727. The minimum absolute atomic E-state index is 0.0298. The van der Waals surface area contributed by atoms with Crippen molar-refractivity contribution in [3.05, 3.63) is 41.5 Å². The minimum Gasteiger partial charge on any atom is -0.497 e. The number of allylic oxidation sites excluding steroid dienone is 1. The van der Waals surface area contributed by atoms with E-state index in [4.69, 9.17) is 23.1 Å². The minimum atomic E-state index is -2.02. The smallest absolute Gasteiger partial charge is 0.192 e. The summed E-state index contributed by atoms with van der Waals surface area (Å²) in [6.07, 6.45) is 2.29. The van der Waals surface area contributed by atoms with Crippen LogP contribution in [0, 0.1) is 17.8 Å². The largest absolute Gasteiger partial charge is 0.497 e. The van der Waals surface area contributed by atoms with Crippen LogP contribution >= 0.6 is 0 Å². The molecule has 1 heterocycles. The Morgan fingerprint density at radius 3 is 2.02 bits per heavy atom. The molecule has 0 bridgehead atoms. The van der Waals surface area contributed by atoms with Crippen LogP contribution in [0.2, 0.25) is 36.3 Å². The van der Waals surface area contributed by atoms with Crippen LogP contribution < -0.4 is 4.74 Å². The summed E-state index contributed by atoms with van der Waals surface area (Å²) in [7, 11) is -2.23. The topological polar surface area (TPSA) is 63.2 Å². The average Bonchev–Trinajstić information content (AvgIpc) is 3.01. The molecule has 6 atom stereocenters. The van der Waals surface area contributed by atoms with E-state index < -0.39 is 22.9 Å². The lowest BCUT2D eigenvalue weighted by Gasteiger charge is -2.46. The van der Waals surface area contributed by atoms with Crippen molar-refractivity contribution in [2.24, 2.45) is 17.8 Å². The van der Waals surface area contributed by atoms with Crippen molar-refractivity contribution in [1.29, 1.82) is 0 Å². The molecular formula is C33H58O6Si2. The van der Waals surface area contributed by atoms with Gasteiger partial charge >= 0.3 is 0 Å². The number of aldehydes is 1. The van der Waals surface area contributed by atoms with Gasteiger partial charge < -0.3 is 27.9 Å². The third-order valence-electron chi connectivity index (χ3n) is 9.57. The van der Waals surface area contributed by atoms with E-state index in [2.05, 4.69) is 61.5 Å². The Balaban J connectivity index is 2.61. The second kappa shape index (κ2) is 17.1. The Bertz CT molecular complexity index is 912. The van der Waals surface area contributed by atoms with Crippen molar-refractivity contribution in [3.63, 3.8) is 0 Å². The van der Waals surface area contributed by atoms with Gasteiger partial charge in [0.05, 0.1) is 25.9 Å². The summed E-state index contributed by atoms with van der Waals surface area (Å²) in [5, 5.41) is 0. The SMILES string of the molecule is CC[Si](CC)(CC)OC[C@@H]([C@H]1O[C@@H](c2ccc(OC)cc2)OC[C@H]1C)[C@H](O[Si](CC)(CC)CC)/C(C)=C/[C@@H](C)C=O. The monoisotopic (exact) mass is 606 g/mol. The first-order valence-corrected chi connectivity index (χ1v) is 21.0. The number of carbonyl (C=O) groups is 1. The normalized spacial score (nSPS) is 22.7. The molecular weight excluding hydrogens is 549 g/mol. The third-order valence-corrected chi connectivity index (χ3v) is 18.8. The molecule has 1 aromatic rings. The highest BCUT2D eigenvalue weighted by Gasteiger charge is 2.44. The lowest BCUT2D eigenvalue weighted by atomic mass is 9.84. The van der Waals surface area contributed by atoms with Gasteiger partial charge in [-0.2, -0.15) is 0 Å². The number of hydrogen-bond acceptors (Lipinski definition) is 6. The fourth-order valence-corrected chi connectivity index (χ4v) is 11.7. The molecule has 234 valence electrons. The zero-order chi connectivity index (χ0) is 30.6. The van der Waals surface area contributed by atoms with Crippen molar-refractivity contribution < 1.29 is 27.9 Å². The van der Waals surface area contributed by atoms with E-state index in [1.165, 1.54) is 0 Å². The number of carbonyl (C=O) groups excluding carboxylic acids is 1. The first-order chi connectivity index (χ1) is 19.6. The molecule has 2 rings (SSSR count). The van der Waals surface area contributed by atoms with Crippen LogP contribution in [0.5, 0.6) is 5.75 Å². The molecule has 1 fully saturated rings. The van der Waals surface area contributed by atoms with Gasteiger partial charge in [-0.25, -0.2) is 0 Å². The van der Waals surface area contributed by atoms with Crippen molar-refractivity contribution in [3.8, 4) is 5.75 Å². The summed E-state index contributed by atoms with van der Waals surface area (Å²) in [5.41, 5.74) is 2.07. The van der Waals surface area contributed by atoms with Gasteiger partial charge in [0, 0.05) is 29.9 Å². The van der Waals surface area contributed by atoms with Gasteiger partial charge in [-0.1, -0.05) is 73.6 Å². The Morgan fingerprint density at radius 2 is 1.54 bits per heavy atom.